The highest BCUT2D eigenvalue weighted by atomic mass is 16.5. The summed E-state index contributed by atoms with van der Waals surface area (Å²) >= 11 is 0. The van der Waals surface area contributed by atoms with Crippen molar-refractivity contribution in [2.75, 3.05) is 13.2 Å². The molecule has 0 aromatic rings. The fourth-order valence-corrected chi connectivity index (χ4v) is 2.80. The van der Waals surface area contributed by atoms with Gasteiger partial charge in [0.2, 0.25) is 5.91 Å². The largest absolute Gasteiger partial charge is 0.480 e. The summed E-state index contributed by atoms with van der Waals surface area (Å²) in [6, 6.07) is -0.990. The Morgan fingerprint density at radius 2 is 2.26 bits per heavy atom. The van der Waals surface area contributed by atoms with Gasteiger partial charge < -0.3 is 15.2 Å². The number of aliphatic carboxylic acids is 1. The number of hydrogen-bond donors (Lipinski definition) is 2. The number of amides is 1. The summed E-state index contributed by atoms with van der Waals surface area (Å²) < 4.78 is 5.10. The van der Waals surface area contributed by atoms with Gasteiger partial charge in [-0.05, 0) is 24.7 Å². The normalized spacial score (nSPS) is 29.2. The molecule has 4 atom stereocenters. The quantitative estimate of drug-likeness (QED) is 0.531. The maximum absolute atomic E-state index is 12.1. The monoisotopic (exact) mass is 265 g/mol. The van der Waals surface area contributed by atoms with Crippen LogP contribution in [0.4, 0.5) is 0 Å². The molecular weight excluding hydrogens is 246 g/mol. The van der Waals surface area contributed by atoms with E-state index < -0.39 is 12.0 Å². The van der Waals surface area contributed by atoms with E-state index >= 15 is 0 Å². The van der Waals surface area contributed by atoms with E-state index in [-0.39, 0.29) is 31.0 Å². The fraction of sp³-hybridized carbons (Fsp3) is 0.571. The predicted molar refractivity (Wildman–Crippen MR) is 69.4 cm³/mol. The lowest BCUT2D eigenvalue weighted by atomic mass is 9.92. The predicted octanol–water partition coefficient (Wildman–Crippen LogP) is 0.971. The van der Waals surface area contributed by atoms with Crippen molar-refractivity contribution in [2.45, 2.75) is 18.9 Å². The lowest BCUT2D eigenvalue weighted by Gasteiger charge is -2.21. The summed E-state index contributed by atoms with van der Waals surface area (Å²) in [4.78, 5) is 23.2. The molecule has 1 saturated carbocycles. The molecular formula is C14H19NO4. The molecule has 2 N–H and O–H groups in total. The SMILES string of the molecule is C=CCOCC(NC(=O)C1CC2C=CC1C2)C(=O)O. The van der Waals surface area contributed by atoms with Crippen molar-refractivity contribution < 1.29 is 19.4 Å². The van der Waals surface area contributed by atoms with Crippen molar-refractivity contribution >= 4 is 11.9 Å². The highest BCUT2D eigenvalue weighted by Gasteiger charge is 2.40. The average Bonchev–Trinajstić information content (AvgIpc) is 2.99. The van der Waals surface area contributed by atoms with E-state index in [1.54, 1.807) is 6.08 Å². The second-order valence-electron chi connectivity index (χ2n) is 5.11. The number of carboxylic acids is 1. The van der Waals surface area contributed by atoms with Crippen LogP contribution in [0.5, 0.6) is 0 Å². The van der Waals surface area contributed by atoms with Gasteiger partial charge in [-0.1, -0.05) is 18.2 Å². The molecule has 2 aliphatic rings. The van der Waals surface area contributed by atoms with Gasteiger partial charge in [-0.3, -0.25) is 4.79 Å². The van der Waals surface area contributed by atoms with Crippen LogP contribution in [-0.4, -0.2) is 36.2 Å². The minimum atomic E-state index is -1.07. The Hall–Kier alpha value is -1.62. The summed E-state index contributed by atoms with van der Waals surface area (Å²) in [6.07, 6.45) is 7.61. The third kappa shape index (κ3) is 3.23. The Morgan fingerprint density at radius 3 is 2.79 bits per heavy atom. The van der Waals surface area contributed by atoms with Crippen LogP contribution >= 0.6 is 0 Å². The number of fused-ring (bicyclic) bond motifs is 2. The first-order chi connectivity index (χ1) is 9.11. The Morgan fingerprint density at radius 1 is 1.47 bits per heavy atom. The van der Waals surface area contributed by atoms with E-state index in [4.69, 9.17) is 9.84 Å². The van der Waals surface area contributed by atoms with Crippen LogP contribution in [-0.2, 0) is 14.3 Å². The minimum absolute atomic E-state index is 0.0379. The Bertz CT molecular complexity index is 404. The minimum Gasteiger partial charge on any atom is -0.480 e. The van der Waals surface area contributed by atoms with Crippen LogP contribution in [0.1, 0.15) is 12.8 Å². The molecule has 2 rings (SSSR count). The van der Waals surface area contributed by atoms with Crippen LogP contribution in [0.3, 0.4) is 0 Å². The van der Waals surface area contributed by atoms with Gasteiger partial charge in [-0.2, -0.15) is 0 Å². The van der Waals surface area contributed by atoms with Gasteiger partial charge in [0.15, 0.2) is 6.04 Å². The standard InChI is InChI=1S/C14H19NO4/c1-2-5-19-8-12(14(17)18)15-13(16)11-7-9-3-4-10(11)6-9/h2-4,9-12H,1,5-8H2,(H,15,16)(H,17,18). The van der Waals surface area contributed by atoms with Crippen LogP contribution in [0.25, 0.3) is 0 Å². The molecule has 4 unspecified atom stereocenters. The maximum Gasteiger partial charge on any atom is 0.328 e. The van der Waals surface area contributed by atoms with Crippen molar-refractivity contribution in [2.24, 2.45) is 17.8 Å². The highest BCUT2D eigenvalue weighted by Crippen LogP contribution is 2.43. The topological polar surface area (TPSA) is 75.6 Å². The fourth-order valence-electron chi connectivity index (χ4n) is 2.80. The number of rotatable bonds is 7. The number of hydrogen-bond acceptors (Lipinski definition) is 3. The zero-order chi connectivity index (χ0) is 13.8. The highest BCUT2D eigenvalue weighted by molar-refractivity contribution is 5.85. The van der Waals surface area contributed by atoms with E-state index in [0.29, 0.717) is 5.92 Å². The van der Waals surface area contributed by atoms with Gasteiger partial charge in [-0.25, -0.2) is 4.79 Å². The molecule has 5 heteroatoms. The first-order valence-electron chi connectivity index (χ1n) is 6.52. The second-order valence-corrected chi connectivity index (χ2v) is 5.11. The second kappa shape index (κ2) is 6.02. The van der Waals surface area contributed by atoms with Gasteiger partial charge >= 0.3 is 5.97 Å². The third-order valence-electron chi connectivity index (χ3n) is 3.75. The van der Waals surface area contributed by atoms with Crippen molar-refractivity contribution in [3.8, 4) is 0 Å². The van der Waals surface area contributed by atoms with Crippen molar-refractivity contribution in [3.63, 3.8) is 0 Å². The van der Waals surface area contributed by atoms with Gasteiger partial charge in [0, 0.05) is 5.92 Å². The number of carbonyl (C=O) groups excluding carboxylic acids is 1. The molecule has 1 fully saturated rings. The van der Waals surface area contributed by atoms with Gasteiger partial charge in [0.25, 0.3) is 0 Å². The van der Waals surface area contributed by atoms with Crippen LogP contribution in [0, 0.1) is 17.8 Å². The van der Waals surface area contributed by atoms with E-state index in [9.17, 15) is 9.59 Å². The molecule has 0 aliphatic heterocycles. The summed E-state index contributed by atoms with van der Waals surface area (Å²) in [5.74, 6) is -0.576. The van der Waals surface area contributed by atoms with Crippen molar-refractivity contribution in [3.05, 3.63) is 24.8 Å². The average molecular weight is 265 g/mol. The molecule has 104 valence electrons. The zero-order valence-electron chi connectivity index (χ0n) is 10.7. The summed E-state index contributed by atoms with van der Waals surface area (Å²) in [5.41, 5.74) is 0. The molecule has 19 heavy (non-hydrogen) atoms. The number of allylic oxidation sites excluding steroid dienone is 2. The Kier molecular flexibility index (Phi) is 4.37. The molecule has 0 aromatic heterocycles. The number of ether oxygens (including phenoxy) is 1. The summed E-state index contributed by atoms with van der Waals surface area (Å²) in [5, 5.41) is 11.6. The molecule has 0 heterocycles. The van der Waals surface area contributed by atoms with E-state index in [1.165, 1.54) is 0 Å². The lowest BCUT2D eigenvalue weighted by Crippen LogP contribution is -2.47. The molecule has 0 spiro atoms. The third-order valence-corrected chi connectivity index (χ3v) is 3.75. The van der Waals surface area contributed by atoms with E-state index in [2.05, 4.69) is 24.0 Å². The molecule has 2 bridgehead atoms. The first kappa shape index (κ1) is 13.8. The van der Waals surface area contributed by atoms with Crippen LogP contribution in [0.2, 0.25) is 0 Å². The van der Waals surface area contributed by atoms with Crippen LogP contribution in [0.15, 0.2) is 24.8 Å². The van der Waals surface area contributed by atoms with Gasteiger partial charge in [-0.15, -0.1) is 6.58 Å². The smallest absolute Gasteiger partial charge is 0.328 e. The first-order valence-corrected chi connectivity index (χ1v) is 6.52. The van der Waals surface area contributed by atoms with Crippen molar-refractivity contribution in [1.82, 2.24) is 5.32 Å². The number of nitrogens with one attached hydrogen (secondary N) is 1. The maximum atomic E-state index is 12.1. The molecule has 2 aliphatic carbocycles. The van der Waals surface area contributed by atoms with E-state index in [0.717, 1.165) is 12.8 Å². The molecule has 0 aromatic carbocycles. The number of carbonyl (C=O) groups is 2. The Balaban J connectivity index is 1.86. The zero-order valence-corrected chi connectivity index (χ0v) is 10.7. The summed E-state index contributed by atoms with van der Waals surface area (Å²) in [6.45, 7) is 3.72. The molecule has 0 saturated heterocycles. The van der Waals surface area contributed by atoms with Crippen molar-refractivity contribution in [1.29, 1.82) is 0 Å². The van der Waals surface area contributed by atoms with Crippen LogP contribution < -0.4 is 5.32 Å². The Labute approximate surface area is 112 Å². The molecule has 1 amide bonds. The molecule has 5 nitrogen and oxygen atoms in total. The van der Waals surface area contributed by atoms with E-state index in [1.807, 2.05) is 0 Å². The van der Waals surface area contributed by atoms with Gasteiger partial charge in [0.1, 0.15) is 0 Å². The lowest BCUT2D eigenvalue weighted by molar-refractivity contribution is -0.144. The number of carboxylic acid groups (broad SMARTS) is 1. The summed E-state index contributed by atoms with van der Waals surface area (Å²) in [7, 11) is 0. The molecule has 0 radical (unpaired) electrons. The van der Waals surface area contributed by atoms with Gasteiger partial charge in [0.05, 0.1) is 13.2 Å².